The second kappa shape index (κ2) is 8.67. The molecule has 1 unspecified atom stereocenters. The van der Waals surface area contributed by atoms with Crippen molar-refractivity contribution in [1.82, 2.24) is 0 Å². The van der Waals surface area contributed by atoms with Crippen molar-refractivity contribution in [2.75, 3.05) is 6.61 Å². The molecule has 3 aromatic carbocycles. The van der Waals surface area contributed by atoms with Gasteiger partial charge in [0.1, 0.15) is 0 Å². The van der Waals surface area contributed by atoms with Gasteiger partial charge < -0.3 is 4.74 Å². The molecule has 142 valence electrons. The van der Waals surface area contributed by atoms with Gasteiger partial charge in [0.25, 0.3) is 0 Å². The monoisotopic (exact) mass is 426 g/mol. The number of hydrogen-bond acceptors (Lipinski definition) is 2. The maximum atomic E-state index is 6.24. The van der Waals surface area contributed by atoms with Crippen LogP contribution < -0.4 is 0 Å². The highest BCUT2D eigenvalue weighted by Gasteiger charge is 2.22. The smallest absolute Gasteiger partial charge is 0.0963 e. The van der Waals surface area contributed by atoms with E-state index in [1.165, 1.54) is 26.1 Å². The molecule has 0 bridgehead atoms. The third-order valence-electron chi connectivity index (χ3n) is 4.75. The van der Waals surface area contributed by atoms with Crippen LogP contribution in [0.3, 0.4) is 0 Å². The molecule has 0 N–H and O–H groups in total. The number of thiophene rings is 1. The molecule has 1 atom stereocenters. The SMILES string of the molecule is CCOC(Cc1ccc(Cl)c(Cl)c1)c1sc2ccccc2c1-c1ccccc1. The molecule has 4 aromatic rings. The molecule has 0 fully saturated rings. The van der Waals surface area contributed by atoms with Crippen molar-refractivity contribution in [3.8, 4) is 11.1 Å². The lowest BCUT2D eigenvalue weighted by molar-refractivity contribution is 0.0657. The summed E-state index contributed by atoms with van der Waals surface area (Å²) in [6.45, 7) is 2.69. The van der Waals surface area contributed by atoms with Gasteiger partial charge in [-0.15, -0.1) is 11.3 Å². The minimum atomic E-state index is -0.0464. The van der Waals surface area contributed by atoms with Crippen molar-refractivity contribution in [3.05, 3.63) is 93.3 Å². The quantitative estimate of drug-likeness (QED) is 0.301. The average molecular weight is 427 g/mol. The summed E-state index contributed by atoms with van der Waals surface area (Å²) in [6.07, 6.45) is 0.701. The summed E-state index contributed by atoms with van der Waals surface area (Å²) in [5.41, 5.74) is 3.60. The fourth-order valence-corrected chi connectivity index (χ4v) is 5.10. The van der Waals surface area contributed by atoms with Gasteiger partial charge in [0.05, 0.1) is 16.1 Å². The van der Waals surface area contributed by atoms with E-state index in [1.54, 1.807) is 0 Å². The lowest BCUT2D eigenvalue weighted by Gasteiger charge is -2.18. The number of halogens is 2. The van der Waals surface area contributed by atoms with Gasteiger partial charge in [-0.1, -0.05) is 77.8 Å². The third-order valence-corrected chi connectivity index (χ3v) is 6.75. The minimum Gasteiger partial charge on any atom is -0.373 e. The Morgan fingerprint density at radius 1 is 0.893 bits per heavy atom. The Bertz CT molecular complexity index is 1090. The van der Waals surface area contributed by atoms with Gasteiger partial charge in [0.15, 0.2) is 0 Å². The van der Waals surface area contributed by atoms with Crippen molar-refractivity contribution in [2.45, 2.75) is 19.4 Å². The Balaban J connectivity index is 1.83. The van der Waals surface area contributed by atoms with Crippen LogP contribution in [-0.4, -0.2) is 6.61 Å². The first-order valence-electron chi connectivity index (χ1n) is 9.29. The topological polar surface area (TPSA) is 9.23 Å². The minimum absolute atomic E-state index is 0.0464. The summed E-state index contributed by atoms with van der Waals surface area (Å²) in [5.74, 6) is 0. The molecule has 4 rings (SSSR count). The lowest BCUT2D eigenvalue weighted by Crippen LogP contribution is -2.07. The second-order valence-electron chi connectivity index (χ2n) is 6.60. The molecule has 0 spiro atoms. The van der Waals surface area contributed by atoms with Crippen LogP contribution in [0.5, 0.6) is 0 Å². The van der Waals surface area contributed by atoms with Gasteiger partial charge in [-0.3, -0.25) is 0 Å². The lowest BCUT2D eigenvalue weighted by atomic mass is 9.97. The maximum Gasteiger partial charge on any atom is 0.0963 e. The maximum absolute atomic E-state index is 6.24. The molecule has 0 saturated carbocycles. The first kappa shape index (κ1) is 19.5. The highest BCUT2D eigenvalue weighted by atomic mass is 35.5. The average Bonchev–Trinajstić information content (AvgIpc) is 3.10. The Hall–Kier alpha value is -1.84. The van der Waals surface area contributed by atoms with Gasteiger partial charge in [-0.05, 0) is 36.2 Å². The molecule has 0 amide bonds. The molecule has 0 aliphatic rings. The molecule has 0 aliphatic heterocycles. The van der Waals surface area contributed by atoms with Crippen LogP contribution in [0.2, 0.25) is 10.0 Å². The van der Waals surface area contributed by atoms with Crippen LogP contribution in [0.25, 0.3) is 21.2 Å². The van der Waals surface area contributed by atoms with Gasteiger partial charge in [0, 0.05) is 33.6 Å². The number of fused-ring (bicyclic) bond motifs is 1. The second-order valence-corrected chi connectivity index (χ2v) is 8.50. The molecule has 28 heavy (non-hydrogen) atoms. The van der Waals surface area contributed by atoms with Crippen LogP contribution >= 0.6 is 34.5 Å². The van der Waals surface area contributed by atoms with Crippen LogP contribution in [0.1, 0.15) is 23.5 Å². The molecule has 0 radical (unpaired) electrons. The highest BCUT2D eigenvalue weighted by molar-refractivity contribution is 7.19. The molecule has 0 aliphatic carbocycles. The zero-order valence-corrected chi connectivity index (χ0v) is 17.8. The summed E-state index contributed by atoms with van der Waals surface area (Å²) in [6, 6.07) is 24.9. The predicted molar refractivity (Wildman–Crippen MR) is 122 cm³/mol. The number of hydrogen-bond donors (Lipinski definition) is 0. The standard InChI is InChI=1S/C24H20Cl2OS/c1-2-27-21(15-16-12-13-19(25)20(26)14-16)24-23(17-8-4-3-5-9-17)18-10-6-7-11-22(18)28-24/h3-14,21H,2,15H2,1H3. The highest BCUT2D eigenvalue weighted by Crippen LogP contribution is 2.44. The first-order chi connectivity index (χ1) is 13.7. The van der Waals surface area contributed by atoms with Crippen LogP contribution in [-0.2, 0) is 11.2 Å². The van der Waals surface area contributed by atoms with E-state index in [1.807, 2.05) is 42.5 Å². The zero-order valence-electron chi connectivity index (χ0n) is 15.5. The van der Waals surface area contributed by atoms with Crippen LogP contribution in [0, 0.1) is 0 Å². The predicted octanol–water partition coefficient (Wildman–Crippen LogP) is 8.20. The van der Waals surface area contributed by atoms with E-state index >= 15 is 0 Å². The fourth-order valence-electron chi connectivity index (χ4n) is 3.50. The molecule has 1 nitrogen and oxygen atoms in total. The largest absolute Gasteiger partial charge is 0.373 e. The number of benzene rings is 3. The summed E-state index contributed by atoms with van der Waals surface area (Å²) >= 11 is 14.1. The van der Waals surface area contributed by atoms with Crippen molar-refractivity contribution >= 4 is 44.6 Å². The fraction of sp³-hybridized carbons (Fsp3) is 0.167. The Morgan fingerprint density at radius 3 is 2.39 bits per heavy atom. The van der Waals surface area contributed by atoms with Gasteiger partial charge in [-0.25, -0.2) is 0 Å². The molecule has 0 saturated heterocycles. The van der Waals surface area contributed by atoms with E-state index in [2.05, 4.69) is 48.5 Å². The first-order valence-corrected chi connectivity index (χ1v) is 10.9. The van der Waals surface area contributed by atoms with Crippen molar-refractivity contribution in [3.63, 3.8) is 0 Å². The van der Waals surface area contributed by atoms with E-state index in [9.17, 15) is 0 Å². The van der Waals surface area contributed by atoms with E-state index < -0.39 is 0 Å². The van der Waals surface area contributed by atoms with E-state index in [0.29, 0.717) is 16.7 Å². The van der Waals surface area contributed by atoms with Crippen LogP contribution in [0.4, 0.5) is 0 Å². The van der Waals surface area contributed by atoms with Gasteiger partial charge >= 0.3 is 0 Å². The molecular formula is C24H20Cl2OS. The Kier molecular flexibility index (Phi) is 6.03. The summed E-state index contributed by atoms with van der Waals surface area (Å²) in [4.78, 5) is 1.25. The summed E-state index contributed by atoms with van der Waals surface area (Å²) in [5, 5.41) is 2.42. The van der Waals surface area contributed by atoms with Crippen molar-refractivity contribution < 1.29 is 4.74 Å². The van der Waals surface area contributed by atoms with Gasteiger partial charge in [-0.2, -0.15) is 0 Å². The molecular weight excluding hydrogens is 407 g/mol. The van der Waals surface area contributed by atoms with Gasteiger partial charge in [0.2, 0.25) is 0 Å². The van der Waals surface area contributed by atoms with Crippen LogP contribution in [0.15, 0.2) is 72.8 Å². The molecule has 1 heterocycles. The normalized spacial score (nSPS) is 12.4. The zero-order chi connectivity index (χ0) is 19.5. The van der Waals surface area contributed by atoms with Crippen molar-refractivity contribution in [1.29, 1.82) is 0 Å². The van der Waals surface area contributed by atoms with E-state index in [-0.39, 0.29) is 6.10 Å². The Morgan fingerprint density at radius 2 is 1.64 bits per heavy atom. The van der Waals surface area contributed by atoms with Crippen molar-refractivity contribution in [2.24, 2.45) is 0 Å². The molecule has 1 aromatic heterocycles. The summed E-state index contributed by atoms with van der Waals surface area (Å²) in [7, 11) is 0. The third kappa shape index (κ3) is 3.97. The molecule has 4 heteroatoms. The van der Waals surface area contributed by atoms with E-state index in [0.717, 1.165) is 12.0 Å². The number of ether oxygens (including phenoxy) is 1. The summed E-state index contributed by atoms with van der Waals surface area (Å²) < 4.78 is 7.50. The Labute approximate surface area is 179 Å². The van der Waals surface area contributed by atoms with E-state index in [4.69, 9.17) is 27.9 Å². The number of rotatable bonds is 6.